The minimum atomic E-state index is -3.56. The second-order valence-electron chi connectivity index (χ2n) is 6.38. The molecule has 1 aromatic rings. The Morgan fingerprint density at radius 2 is 1.81 bits per heavy atom. The molecule has 118 valence electrons. The van der Waals surface area contributed by atoms with E-state index in [1.54, 1.807) is 12.1 Å². The van der Waals surface area contributed by atoms with Crippen molar-refractivity contribution in [3.63, 3.8) is 0 Å². The predicted octanol–water partition coefficient (Wildman–Crippen LogP) is 1.96. The lowest BCUT2D eigenvalue weighted by Gasteiger charge is -2.46. The lowest BCUT2D eigenvalue weighted by Crippen LogP contribution is -2.58. The first kappa shape index (κ1) is 16.8. The van der Waals surface area contributed by atoms with Crippen molar-refractivity contribution >= 4 is 38.6 Å². The molecule has 1 fully saturated rings. The lowest BCUT2D eigenvalue weighted by atomic mass is 10.0. The number of rotatable bonds is 3. The van der Waals surface area contributed by atoms with E-state index in [0.29, 0.717) is 18.0 Å². The molecule has 1 aliphatic heterocycles. The minimum absolute atomic E-state index is 0.212. The number of sulfonamides is 1. The second-order valence-corrected chi connectivity index (χ2v) is 10.1. The van der Waals surface area contributed by atoms with Gasteiger partial charge < -0.3 is 10.5 Å². The number of thiophene rings is 1. The van der Waals surface area contributed by atoms with Gasteiger partial charge in [-0.1, -0.05) is 12.2 Å². The Bertz CT molecular complexity index is 646. The number of hydrogen-bond acceptors (Lipinski definition) is 5. The quantitative estimate of drug-likeness (QED) is 0.846. The van der Waals surface area contributed by atoms with Gasteiger partial charge in [-0.05, 0) is 39.8 Å². The van der Waals surface area contributed by atoms with E-state index in [0.717, 1.165) is 11.3 Å². The first-order valence-electron chi connectivity index (χ1n) is 6.53. The Kier molecular flexibility index (Phi) is 4.23. The van der Waals surface area contributed by atoms with E-state index >= 15 is 0 Å². The summed E-state index contributed by atoms with van der Waals surface area (Å²) in [7, 11) is -3.56. The first-order chi connectivity index (χ1) is 9.43. The van der Waals surface area contributed by atoms with Crippen LogP contribution < -0.4 is 5.73 Å². The highest BCUT2D eigenvalue weighted by atomic mass is 32.2. The molecule has 0 spiro atoms. The zero-order valence-electron chi connectivity index (χ0n) is 12.5. The smallest absolute Gasteiger partial charge is 0.252 e. The molecule has 1 aromatic heterocycles. The SMILES string of the molecule is CC1(C)CN(S(=O)(=O)c2ccc(C(N)=S)s2)CC(C)(C)O1. The van der Waals surface area contributed by atoms with Crippen LogP contribution in [0.15, 0.2) is 16.3 Å². The van der Waals surface area contributed by atoms with Crippen LogP contribution in [0.25, 0.3) is 0 Å². The van der Waals surface area contributed by atoms with E-state index in [1.807, 2.05) is 27.7 Å². The normalized spacial score (nSPS) is 22.1. The van der Waals surface area contributed by atoms with Crippen LogP contribution >= 0.6 is 23.6 Å². The summed E-state index contributed by atoms with van der Waals surface area (Å²) in [6.45, 7) is 8.21. The van der Waals surface area contributed by atoms with Crippen LogP contribution in [-0.4, -0.2) is 42.0 Å². The zero-order chi connectivity index (χ0) is 16.1. The highest BCUT2D eigenvalue weighted by Gasteiger charge is 2.43. The fourth-order valence-corrected chi connectivity index (χ4v) is 5.85. The number of nitrogens with two attached hydrogens (primary N) is 1. The summed E-state index contributed by atoms with van der Waals surface area (Å²) in [5.74, 6) is 0. The van der Waals surface area contributed by atoms with Crippen molar-refractivity contribution in [2.75, 3.05) is 13.1 Å². The molecule has 0 radical (unpaired) electrons. The van der Waals surface area contributed by atoms with Gasteiger partial charge in [-0.25, -0.2) is 8.42 Å². The van der Waals surface area contributed by atoms with Crippen LogP contribution in [0, 0.1) is 0 Å². The summed E-state index contributed by atoms with van der Waals surface area (Å²) in [5.41, 5.74) is 4.49. The third-order valence-corrected chi connectivity index (χ3v) is 6.81. The van der Waals surface area contributed by atoms with Gasteiger partial charge >= 0.3 is 0 Å². The number of ether oxygens (including phenoxy) is 1. The zero-order valence-corrected chi connectivity index (χ0v) is 15.0. The van der Waals surface area contributed by atoms with Crippen LogP contribution in [0.3, 0.4) is 0 Å². The molecule has 1 saturated heterocycles. The molecule has 21 heavy (non-hydrogen) atoms. The molecule has 8 heteroatoms. The van der Waals surface area contributed by atoms with E-state index in [4.69, 9.17) is 22.7 Å². The monoisotopic (exact) mass is 348 g/mol. The van der Waals surface area contributed by atoms with Gasteiger partial charge in [-0.2, -0.15) is 4.31 Å². The molecule has 1 aliphatic rings. The van der Waals surface area contributed by atoms with Gasteiger partial charge in [0.05, 0.1) is 16.1 Å². The predicted molar refractivity (Wildman–Crippen MR) is 88.2 cm³/mol. The topological polar surface area (TPSA) is 72.6 Å². The molecule has 0 aromatic carbocycles. The van der Waals surface area contributed by atoms with E-state index in [1.165, 1.54) is 4.31 Å². The van der Waals surface area contributed by atoms with E-state index in [2.05, 4.69) is 0 Å². The molecule has 5 nitrogen and oxygen atoms in total. The van der Waals surface area contributed by atoms with Gasteiger partial charge in [0.15, 0.2) is 0 Å². The molecule has 2 rings (SSSR count). The summed E-state index contributed by atoms with van der Waals surface area (Å²) in [5, 5.41) is 0. The Hall–Kier alpha value is -0.540. The Morgan fingerprint density at radius 1 is 1.29 bits per heavy atom. The summed E-state index contributed by atoms with van der Waals surface area (Å²) in [6.07, 6.45) is 0. The van der Waals surface area contributed by atoms with Crippen molar-refractivity contribution < 1.29 is 13.2 Å². The van der Waals surface area contributed by atoms with Gasteiger partial charge in [0, 0.05) is 13.1 Å². The van der Waals surface area contributed by atoms with Crippen LogP contribution in [-0.2, 0) is 14.8 Å². The lowest BCUT2D eigenvalue weighted by molar-refractivity contribution is -0.163. The average molecular weight is 349 g/mol. The van der Waals surface area contributed by atoms with Gasteiger partial charge in [0.1, 0.15) is 9.20 Å². The number of thiocarbonyl (C=S) groups is 1. The van der Waals surface area contributed by atoms with Crippen LogP contribution in [0.5, 0.6) is 0 Å². The largest absolute Gasteiger partial charge is 0.389 e. The maximum absolute atomic E-state index is 12.8. The average Bonchev–Trinajstić information content (AvgIpc) is 2.74. The number of nitrogens with zero attached hydrogens (tertiary/aromatic N) is 1. The minimum Gasteiger partial charge on any atom is -0.389 e. The molecule has 0 amide bonds. The Balaban J connectivity index is 2.36. The van der Waals surface area contributed by atoms with Gasteiger partial charge in [-0.3, -0.25) is 0 Å². The third kappa shape index (κ3) is 3.62. The summed E-state index contributed by atoms with van der Waals surface area (Å²) < 4.78 is 33.3. The number of hydrogen-bond donors (Lipinski definition) is 1. The van der Waals surface area contributed by atoms with Crippen molar-refractivity contribution in [3.8, 4) is 0 Å². The Labute approximate surface area is 135 Å². The van der Waals surface area contributed by atoms with E-state index in [-0.39, 0.29) is 9.20 Å². The van der Waals surface area contributed by atoms with Crippen LogP contribution in [0.2, 0.25) is 0 Å². The fraction of sp³-hybridized carbons (Fsp3) is 0.615. The van der Waals surface area contributed by atoms with Gasteiger partial charge in [-0.15, -0.1) is 11.3 Å². The van der Waals surface area contributed by atoms with E-state index < -0.39 is 21.2 Å². The van der Waals surface area contributed by atoms with E-state index in [9.17, 15) is 8.42 Å². The molecule has 0 unspecified atom stereocenters. The second kappa shape index (κ2) is 5.27. The molecular weight excluding hydrogens is 328 g/mol. The summed E-state index contributed by atoms with van der Waals surface area (Å²) in [4.78, 5) is 0.819. The molecule has 2 heterocycles. The summed E-state index contributed by atoms with van der Waals surface area (Å²) >= 11 is 5.99. The maximum atomic E-state index is 12.8. The third-order valence-electron chi connectivity index (χ3n) is 3.09. The van der Waals surface area contributed by atoms with Crippen molar-refractivity contribution in [1.82, 2.24) is 4.31 Å². The standard InChI is InChI=1S/C13H20N2O3S3/c1-12(2)7-15(8-13(3,4)18-12)21(16,17)10-6-5-9(20-10)11(14)19/h5-6H,7-8H2,1-4H3,(H2,14,19). The number of morpholine rings is 1. The highest BCUT2D eigenvalue weighted by Crippen LogP contribution is 2.33. The molecule has 0 saturated carbocycles. The Morgan fingerprint density at radius 3 is 2.24 bits per heavy atom. The fourth-order valence-electron chi connectivity index (χ4n) is 2.61. The van der Waals surface area contributed by atoms with Crippen molar-refractivity contribution in [1.29, 1.82) is 0 Å². The van der Waals surface area contributed by atoms with Crippen LogP contribution in [0.1, 0.15) is 32.6 Å². The first-order valence-corrected chi connectivity index (χ1v) is 9.19. The van der Waals surface area contributed by atoms with Crippen molar-refractivity contribution in [3.05, 3.63) is 17.0 Å². The van der Waals surface area contributed by atoms with Crippen LogP contribution in [0.4, 0.5) is 0 Å². The van der Waals surface area contributed by atoms with Gasteiger partial charge in [0.25, 0.3) is 10.0 Å². The highest BCUT2D eigenvalue weighted by molar-refractivity contribution is 7.91. The molecule has 0 aliphatic carbocycles. The summed E-state index contributed by atoms with van der Waals surface area (Å²) in [6, 6.07) is 3.21. The molecule has 0 atom stereocenters. The van der Waals surface area contributed by atoms with Crippen molar-refractivity contribution in [2.24, 2.45) is 5.73 Å². The molecular formula is C13H20N2O3S3. The molecule has 0 bridgehead atoms. The molecule has 2 N–H and O–H groups in total. The maximum Gasteiger partial charge on any atom is 0.252 e. The van der Waals surface area contributed by atoms with Gasteiger partial charge in [0.2, 0.25) is 0 Å². The van der Waals surface area contributed by atoms with Crippen molar-refractivity contribution in [2.45, 2.75) is 43.1 Å².